The van der Waals surface area contributed by atoms with Crippen molar-refractivity contribution in [1.82, 2.24) is 0 Å². The first-order valence-corrected chi connectivity index (χ1v) is 11.0. The van der Waals surface area contributed by atoms with Crippen molar-refractivity contribution in [3.8, 4) is 0 Å². The summed E-state index contributed by atoms with van der Waals surface area (Å²) in [5, 5.41) is 11.0. The van der Waals surface area contributed by atoms with Crippen LogP contribution in [0.2, 0.25) is 0 Å². The Balaban J connectivity index is 2.75. The summed E-state index contributed by atoms with van der Waals surface area (Å²) in [5.41, 5.74) is 0.808. The number of hydrogen-bond donors (Lipinski definition) is 1. The molecule has 1 N–H and O–H groups in total. The predicted molar refractivity (Wildman–Crippen MR) is 121 cm³/mol. The lowest BCUT2D eigenvalue weighted by molar-refractivity contribution is -0.131. The molecule has 0 spiro atoms. The molecule has 0 aromatic carbocycles. The van der Waals surface area contributed by atoms with E-state index in [-0.39, 0.29) is 34.6 Å². The van der Waals surface area contributed by atoms with E-state index < -0.39 is 6.10 Å². The maximum atomic E-state index is 12.8. The third-order valence-electron chi connectivity index (χ3n) is 6.62. The Labute approximate surface area is 183 Å². The molecule has 0 aromatic rings. The first kappa shape index (κ1) is 26.4. The van der Waals surface area contributed by atoms with E-state index in [0.29, 0.717) is 6.10 Å². The fourth-order valence-corrected chi connectivity index (χ4v) is 4.30. The van der Waals surface area contributed by atoms with Crippen molar-refractivity contribution < 1.29 is 24.1 Å². The second kappa shape index (κ2) is 12.3. The summed E-state index contributed by atoms with van der Waals surface area (Å²) >= 11 is 0. The number of unbranched alkanes of at least 4 members (excludes halogenated alkanes) is 2. The number of ketones is 1. The average molecular weight is 423 g/mol. The van der Waals surface area contributed by atoms with Gasteiger partial charge < -0.3 is 19.3 Å². The van der Waals surface area contributed by atoms with E-state index in [2.05, 4.69) is 45.9 Å². The lowest BCUT2D eigenvalue weighted by Gasteiger charge is -2.44. The van der Waals surface area contributed by atoms with Crippen LogP contribution in [0.5, 0.6) is 0 Å². The molecule has 1 rings (SSSR count). The summed E-state index contributed by atoms with van der Waals surface area (Å²) in [7, 11) is 4.66. The monoisotopic (exact) mass is 422 g/mol. The highest BCUT2D eigenvalue weighted by atomic mass is 16.5. The van der Waals surface area contributed by atoms with Crippen LogP contribution in [0.15, 0.2) is 35.3 Å². The van der Waals surface area contributed by atoms with Gasteiger partial charge in [0.15, 0.2) is 5.76 Å². The van der Waals surface area contributed by atoms with Crippen molar-refractivity contribution >= 4 is 5.78 Å². The molecule has 0 bridgehead atoms. The summed E-state index contributed by atoms with van der Waals surface area (Å²) in [4.78, 5) is 12.8. The molecule has 5 nitrogen and oxygen atoms in total. The number of rotatable bonds is 12. The minimum atomic E-state index is -0.884. The van der Waals surface area contributed by atoms with Crippen molar-refractivity contribution in [3.05, 3.63) is 35.3 Å². The first-order valence-electron chi connectivity index (χ1n) is 11.0. The van der Waals surface area contributed by atoms with E-state index in [1.54, 1.807) is 7.11 Å². The van der Waals surface area contributed by atoms with Crippen LogP contribution in [0.1, 0.15) is 66.7 Å². The third-order valence-corrected chi connectivity index (χ3v) is 6.62. The molecule has 30 heavy (non-hydrogen) atoms. The minimum Gasteiger partial charge on any atom is -0.494 e. The van der Waals surface area contributed by atoms with Crippen LogP contribution in [0.25, 0.3) is 0 Å². The average Bonchev–Trinajstić information content (AvgIpc) is 2.71. The Hall–Kier alpha value is -1.59. The van der Waals surface area contributed by atoms with Gasteiger partial charge in [-0.25, -0.2) is 0 Å². The number of hydrogen-bond acceptors (Lipinski definition) is 5. The summed E-state index contributed by atoms with van der Waals surface area (Å²) in [6.45, 7) is 10.2. The van der Waals surface area contributed by atoms with E-state index in [9.17, 15) is 9.90 Å². The number of carbonyl (C=O) groups is 1. The van der Waals surface area contributed by atoms with E-state index in [0.717, 1.165) is 32.1 Å². The van der Waals surface area contributed by atoms with Crippen LogP contribution in [-0.4, -0.2) is 44.4 Å². The molecule has 0 heterocycles. The normalized spacial score (nSPS) is 24.5. The number of Topliss-reactive ketones (excluding diaryl/α,β-unsaturated/α-hetero) is 1. The molecule has 1 aliphatic rings. The Morgan fingerprint density at radius 2 is 1.77 bits per heavy atom. The highest BCUT2D eigenvalue weighted by Crippen LogP contribution is 2.47. The smallest absolute Gasteiger partial charge is 0.204 e. The molecule has 4 atom stereocenters. The zero-order valence-corrected chi connectivity index (χ0v) is 20.2. The Kier molecular flexibility index (Phi) is 10.9. The number of allylic oxidation sites excluding steroid dienone is 5. The zero-order valence-electron chi connectivity index (χ0n) is 20.2. The van der Waals surface area contributed by atoms with Gasteiger partial charge in [-0.05, 0) is 51.4 Å². The largest absolute Gasteiger partial charge is 0.494 e. The maximum absolute atomic E-state index is 12.8. The fourth-order valence-electron chi connectivity index (χ4n) is 4.30. The zero-order chi connectivity index (χ0) is 22.9. The minimum absolute atomic E-state index is 0.115. The van der Waals surface area contributed by atoms with Gasteiger partial charge in [0.05, 0.1) is 20.3 Å². The van der Waals surface area contributed by atoms with Crippen molar-refractivity contribution in [1.29, 1.82) is 0 Å². The molecule has 172 valence electrons. The Morgan fingerprint density at radius 3 is 2.33 bits per heavy atom. The molecule has 0 amide bonds. The number of ether oxygens (including phenoxy) is 3. The lowest BCUT2D eigenvalue weighted by Crippen LogP contribution is -2.47. The lowest BCUT2D eigenvalue weighted by atomic mass is 9.62. The quantitative estimate of drug-likeness (QED) is 0.346. The molecule has 4 unspecified atom stereocenters. The van der Waals surface area contributed by atoms with Gasteiger partial charge >= 0.3 is 0 Å². The molecule has 0 radical (unpaired) electrons. The number of aliphatic hydroxyl groups excluding tert-OH is 1. The number of carbonyl (C=O) groups excluding carboxylic acids is 1. The summed E-state index contributed by atoms with van der Waals surface area (Å²) in [6.07, 6.45) is 11.3. The molecular weight excluding hydrogens is 380 g/mol. The van der Waals surface area contributed by atoms with E-state index in [1.807, 2.05) is 6.92 Å². The molecule has 1 aliphatic carbocycles. The molecule has 5 heteroatoms. The van der Waals surface area contributed by atoms with Gasteiger partial charge in [-0.2, -0.15) is 0 Å². The molecule has 0 fully saturated rings. The van der Waals surface area contributed by atoms with E-state index in [4.69, 9.17) is 14.2 Å². The number of aliphatic hydroxyl groups is 1. The fraction of sp³-hybridized carbons (Fsp3) is 0.720. The van der Waals surface area contributed by atoms with E-state index in [1.165, 1.54) is 19.8 Å². The summed E-state index contributed by atoms with van der Waals surface area (Å²) < 4.78 is 15.8. The van der Waals surface area contributed by atoms with Crippen LogP contribution in [0.3, 0.4) is 0 Å². The van der Waals surface area contributed by atoms with Crippen LogP contribution >= 0.6 is 0 Å². The van der Waals surface area contributed by atoms with Crippen LogP contribution < -0.4 is 0 Å². The predicted octanol–water partition coefficient (Wildman–Crippen LogP) is 5.20. The second-order valence-electron chi connectivity index (χ2n) is 8.86. The first-order chi connectivity index (χ1) is 14.1. The second-order valence-corrected chi connectivity index (χ2v) is 8.86. The topological polar surface area (TPSA) is 65.0 Å². The Morgan fingerprint density at radius 1 is 1.13 bits per heavy atom. The maximum Gasteiger partial charge on any atom is 0.204 e. The van der Waals surface area contributed by atoms with E-state index >= 15 is 0 Å². The SMILES string of the molecule is COC1=C(OC)C(O)C(C(C)(C)C(C)=CCCC=CCCCC(C)OC)C(C)C1=O. The number of methoxy groups -OCH3 is 3. The summed E-state index contributed by atoms with van der Waals surface area (Å²) in [5.74, 6) is -0.389. The standard InChI is InChI=1S/C25H42O5/c1-17(15-13-11-9-10-12-14-16-18(2)28-6)25(4,5)20-19(3)21(26)23(29-7)24(30-8)22(20)27/h9-10,15,18-20,22,27H,11-14,16H2,1-8H3. The van der Waals surface area contributed by atoms with Crippen LogP contribution in [0, 0.1) is 17.3 Å². The van der Waals surface area contributed by atoms with Gasteiger partial charge in [0.1, 0.15) is 6.10 Å². The van der Waals surface area contributed by atoms with Crippen LogP contribution in [-0.2, 0) is 19.0 Å². The molecule has 0 saturated heterocycles. The van der Waals surface area contributed by atoms with Crippen molar-refractivity contribution in [2.75, 3.05) is 21.3 Å². The highest BCUT2D eigenvalue weighted by molar-refractivity contribution is 5.97. The van der Waals surface area contributed by atoms with Gasteiger partial charge in [0, 0.05) is 18.9 Å². The third kappa shape index (κ3) is 6.45. The van der Waals surface area contributed by atoms with Crippen molar-refractivity contribution in [2.45, 2.75) is 78.9 Å². The van der Waals surface area contributed by atoms with Crippen LogP contribution in [0.4, 0.5) is 0 Å². The van der Waals surface area contributed by atoms with Gasteiger partial charge in [-0.1, -0.05) is 44.6 Å². The molecule has 0 aliphatic heterocycles. The molecular formula is C25H42O5. The van der Waals surface area contributed by atoms with Gasteiger partial charge in [-0.3, -0.25) is 4.79 Å². The van der Waals surface area contributed by atoms with Gasteiger partial charge in [-0.15, -0.1) is 0 Å². The molecule has 0 saturated carbocycles. The van der Waals surface area contributed by atoms with Crippen molar-refractivity contribution in [2.24, 2.45) is 17.3 Å². The molecule has 0 aromatic heterocycles. The van der Waals surface area contributed by atoms with Crippen molar-refractivity contribution in [3.63, 3.8) is 0 Å². The highest BCUT2D eigenvalue weighted by Gasteiger charge is 2.49. The summed E-state index contributed by atoms with van der Waals surface area (Å²) in [6, 6.07) is 0. The van der Waals surface area contributed by atoms with Gasteiger partial charge in [0.2, 0.25) is 11.5 Å². The Bertz CT molecular complexity index is 644. The van der Waals surface area contributed by atoms with Gasteiger partial charge in [0.25, 0.3) is 0 Å².